The van der Waals surface area contributed by atoms with Crippen molar-refractivity contribution in [3.63, 3.8) is 0 Å². The van der Waals surface area contributed by atoms with E-state index in [0.717, 1.165) is 12.1 Å². The number of hydrogen-bond donors (Lipinski definition) is 1. The van der Waals surface area contributed by atoms with Crippen LogP contribution in [-0.2, 0) is 13.1 Å². The molecule has 0 unspecified atom stereocenters. The number of hydrogen-bond acceptors (Lipinski definition) is 3. The Bertz CT molecular complexity index is 1090. The normalized spacial score (nSPS) is 11.0. The molecule has 0 radical (unpaired) electrons. The lowest BCUT2D eigenvalue weighted by molar-refractivity contribution is 0.0695. The van der Waals surface area contributed by atoms with Gasteiger partial charge in [-0.05, 0) is 31.2 Å². The standard InChI is InChI=1S/C18H14ClF2N3O3/c1-2-24-11(9-23-6-5-15(19)22-23)8-14(25)16(18(26)27)17(24)10-3-4-12(20)13(21)7-10/h3-8H,2,9H2,1H3,(H,26,27). The number of rotatable bonds is 5. The van der Waals surface area contributed by atoms with Crippen molar-refractivity contribution in [2.75, 3.05) is 0 Å². The number of pyridine rings is 1. The van der Waals surface area contributed by atoms with Gasteiger partial charge in [-0.1, -0.05) is 11.6 Å². The fourth-order valence-corrected chi connectivity index (χ4v) is 3.08. The van der Waals surface area contributed by atoms with Gasteiger partial charge in [0.2, 0.25) is 0 Å². The summed E-state index contributed by atoms with van der Waals surface area (Å²) in [4.78, 5) is 24.2. The zero-order valence-electron chi connectivity index (χ0n) is 14.1. The molecule has 0 saturated carbocycles. The van der Waals surface area contributed by atoms with Gasteiger partial charge in [-0.25, -0.2) is 13.6 Å². The topological polar surface area (TPSA) is 77.1 Å². The number of carboxylic acid groups (broad SMARTS) is 1. The van der Waals surface area contributed by atoms with Crippen LogP contribution < -0.4 is 5.43 Å². The van der Waals surface area contributed by atoms with Crippen LogP contribution in [0.1, 0.15) is 23.0 Å². The molecule has 0 aliphatic heterocycles. The summed E-state index contributed by atoms with van der Waals surface area (Å²) in [5.74, 6) is -3.65. The average molecular weight is 394 g/mol. The minimum Gasteiger partial charge on any atom is -0.477 e. The first-order valence-corrected chi connectivity index (χ1v) is 8.34. The van der Waals surface area contributed by atoms with Crippen LogP contribution in [0.5, 0.6) is 0 Å². The number of nitrogens with zero attached hydrogens (tertiary/aromatic N) is 3. The molecule has 0 spiro atoms. The predicted octanol–water partition coefficient (Wildman–Crippen LogP) is 3.41. The SMILES string of the molecule is CCn1c(Cn2ccc(Cl)n2)cc(=O)c(C(=O)O)c1-c1ccc(F)c(F)c1. The highest BCUT2D eigenvalue weighted by Gasteiger charge is 2.22. The van der Waals surface area contributed by atoms with Crippen molar-refractivity contribution < 1.29 is 18.7 Å². The summed E-state index contributed by atoms with van der Waals surface area (Å²) in [7, 11) is 0. The molecule has 0 atom stereocenters. The van der Waals surface area contributed by atoms with E-state index in [1.807, 2.05) is 0 Å². The molecule has 0 amide bonds. The first kappa shape index (κ1) is 18.8. The first-order chi connectivity index (χ1) is 12.8. The quantitative estimate of drug-likeness (QED) is 0.720. The largest absolute Gasteiger partial charge is 0.477 e. The molecule has 0 aliphatic carbocycles. The fraction of sp³-hybridized carbons (Fsp3) is 0.167. The zero-order chi connectivity index (χ0) is 19.7. The summed E-state index contributed by atoms with van der Waals surface area (Å²) < 4.78 is 30.1. The molecular weight excluding hydrogens is 380 g/mol. The Balaban J connectivity index is 2.29. The highest BCUT2D eigenvalue weighted by Crippen LogP contribution is 2.26. The van der Waals surface area contributed by atoms with Crippen molar-refractivity contribution in [2.24, 2.45) is 0 Å². The predicted molar refractivity (Wildman–Crippen MR) is 95.0 cm³/mol. The molecule has 3 rings (SSSR count). The van der Waals surface area contributed by atoms with Gasteiger partial charge in [-0.2, -0.15) is 5.10 Å². The zero-order valence-corrected chi connectivity index (χ0v) is 14.9. The minimum atomic E-state index is -1.45. The maximum atomic E-state index is 13.7. The molecule has 0 aliphatic rings. The number of benzene rings is 1. The number of aromatic carboxylic acids is 1. The van der Waals surface area contributed by atoms with E-state index in [9.17, 15) is 23.5 Å². The molecule has 6 nitrogen and oxygen atoms in total. The van der Waals surface area contributed by atoms with Gasteiger partial charge in [0.05, 0.1) is 12.2 Å². The van der Waals surface area contributed by atoms with Crippen LogP contribution in [0.4, 0.5) is 8.78 Å². The van der Waals surface area contributed by atoms with E-state index < -0.39 is 28.6 Å². The summed E-state index contributed by atoms with van der Waals surface area (Å²) in [6, 6.07) is 5.77. The van der Waals surface area contributed by atoms with Crippen LogP contribution in [0.3, 0.4) is 0 Å². The number of carboxylic acids is 1. The van der Waals surface area contributed by atoms with E-state index in [1.165, 1.54) is 16.8 Å². The number of aromatic nitrogens is 3. The maximum absolute atomic E-state index is 13.7. The monoisotopic (exact) mass is 393 g/mol. The summed E-state index contributed by atoms with van der Waals surface area (Å²) in [5, 5.41) is 13.8. The van der Waals surface area contributed by atoms with Crippen LogP contribution >= 0.6 is 11.6 Å². The lowest BCUT2D eigenvalue weighted by Gasteiger charge is -2.19. The van der Waals surface area contributed by atoms with Gasteiger partial charge in [-0.3, -0.25) is 9.48 Å². The highest BCUT2D eigenvalue weighted by atomic mass is 35.5. The van der Waals surface area contributed by atoms with E-state index >= 15 is 0 Å². The summed E-state index contributed by atoms with van der Waals surface area (Å²) in [6.07, 6.45) is 1.61. The van der Waals surface area contributed by atoms with Crippen molar-refractivity contribution in [2.45, 2.75) is 20.0 Å². The Labute approximate surface area is 157 Å². The second kappa shape index (κ2) is 7.32. The maximum Gasteiger partial charge on any atom is 0.341 e. The van der Waals surface area contributed by atoms with E-state index in [-0.39, 0.29) is 23.0 Å². The van der Waals surface area contributed by atoms with Crippen molar-refractivity contribution in [3.8, 4) is 11.3 Å². The minimum absolute atomic E-state index is 0.00431. The Morgan fingerprint density at radius 1 is 1.22 bits per heavy atom. The van der Waals surface area contributed by atoms with Crippen LogP contribution in [0.25, 0.3) is 11.3 Å². The molecule has 0 saturated heterocycles. The van der Waals surface area contributed by atoms with Gasteiger partial charge in [0.15, 0.2) is 22.2 Å². The Morgan fingerprint density at radius 2 is 1.96 bits per heavy atom. The van der Waals surface area contributed by atoms with E-state index in [2.05, 4.69) is 5.10 Å². The molecule has 27 heavy (non-hydrogen) atoms. The molecule has 3 aromatic rings. The van der Waals surface area contributed by atoms with E-state index in [4.69, 9.17) is 11.6 Å². The van der Waals surface area contributed by atoms with Gasteiger partial charge in [0.1, 0.15) is 5.56 Å². The third-order valence-electron chi connectivity index (χ3n) is 4.05. The van der Waals surface area contributed by atoms with E-state index in [1.54, 1.807) is 23.8 Å². The summed E-state index contributed by atoms with van der Waals surface area (Å²) in [5.41, 5.74) is -0.701. The summed E-state index contributed by atoms with van der Waals surface area (Å²) >= 11 is 5.80. The van der Waals surface area contributed by atoms with Crippen molar-refractivity contribution in [1.29, 1.82) is 0 Å². The lowest BCUT2D eigenvalue weighted by atomic mass is 10.0. The molecule has 9 heteroatoms. The van der Waals surface area contributed by atoms with Crippen LogP contribution in [0, 0.1) is 11.6 Å². The molecule has 2 heterocycles. The first-order valence-electron chi connectivity index (χ1n) is 7.96. The smallest absolute Gasteiger partial charge is 0.341 e. The molecule has 0 fully saturated rings. The Kier molecular flexibility index (Phi) is 5.09. The van der Waals surface area contributed by atoms with Gasteiger partial charge in [0.25, 0.3) is 0 Å². The summed E-state index contributed by atoms with van der Waals surface area (Å²) in [6.45, 7) is 2.19. The van der Waals surface area contributed by atoms with Gasteiger partial charge in [0, 0.05) is 30.1 Å². The van der Waals surface area contributed by atoms with Gasteiger partial charge < -0.3 is 9.67 Å². The molecule has 1 N–H and O–H groups in total. The molecule has 1 aromatic carbocycles. The molecule has 2 aromatic heterocycles. The van der Waals surface area contributed by atoms with Gasteiger partial charge in [-0.15, -0.1) is 0 Å². The van der Waals surface area contributed by atoms with Crippen molar-refractivity contribution in [3.05, 3.63) is 74.8 Å². The second-order valence-electron chi connectivity index (χ2n) is 5.74. The Morgan fingerprint density at radius 3 is 2.52 bits per heavy atom. The second-order valence-corrected chi connectivity index (χ2v) is 6.13. The third kappa shape index (κ3) is 3.61. The van der Waals surface area contributed by atoms with Crippen LogP contribution in [0.15, 0.2) is 41.3 Å². The van der Waals surface area contributed by atoms with Crippen LogP contribution in [0.2, 0.25) is 5.15 Å². The van der Waals surface area contributed by atoms with Gasteiger partial charge >= 0.3 is 5.97 Å². The number of carbonyl (C=O) groups is 1. The Hall–Kier alpha value is -3.00. The molecular formula is C18H14ClF2N3O3. The highest BCUT2D eigenvalue weighted by molar-refractivity contribution is 6.29. The molecule has 140 valence electrons. The molecule has 0 bridgehead atoms. The lowest BCUT2D eigenvalue weighted by Crippen LogP contribution is -2.24. The van der Waals surface area contributed by atoms with Crippen LogP contribution in [-0.4, -0.2) is 25.4 Å². The van der Waals surface area contributed by atoms with Crippen molar-refractivity contribution >= 4 is 17.6 Å². The third-order valence-corrected chi connectivity index (χ3v) is 4.25. The average Bonchev–Trinajstić information content (AvgIpc) is 3.01. The van der Waals surface area contributed by atoms with E-state index in [0.29, 0.717) is 12.2 Å². The van der Waals surface area contributed by atoms with Crippen molar-refractivity contribution in [1.82, 2.24) is 14.3 Å². The fourth-order valence-electron chi connectivity index (χ4n) is 2.93. The number of halogens is 3.